The minimum atomic E-state index is -3.64. The number of carbonyl (C=O) groups is 1. The topological polar surface area (TPSA) is 75.7 Å². The van der Waals surface area contributed by atoms with Crippen LogP contribution in [0.5, 0.6) is 5.75 Å². The summed E-state index contributed by atoms with van der Waals surface area (Å²) < 4.78 is 31.8. The van der Waals surface area contributed by atoms with E-state index in [1.807, 2.05) is 51.1 Å². The van der Waals surface area contributed by atoms with Crippen LogP contribution in [-0.2, 0) is 21.4 Å². The highest BCUT2D eigenvalue weighted by Crippen LogP contribution is 2.23. The molecule has 0 aliphatic heterocycles. The second-order valence-corrected chi connectivity index (χ2v) is 9.21. The second-order valence-electron chi connectivity index (χ2n) is 7.35. The summed E-state index contributed by atoms with van der Waals surface area (Å²) in [5, 5.41) is 2.86. The van der Waals surface area contributed by atoms with Crippen molar-refractivity contribution in [3.8, 4) is 5.75 Å². The molecule has 0 aliphatic rings. The number of sulfonamides is 1. The van der Waals surface area contributed by atoms with Crippen LogP contribution in [0.4, 0.5) is 5.69 Å². The first-order valence-electron chi connectivity index (χ1n) is 9.71. The van der Waals surface area contributed by atoms with Crippen molar-refractivity contribution in [2.24, 2.45) is 0 Å². The predicted molar refractivity (Wildman–Crippen MR) is 117 cm³/mol. The Hall–Kier alpha value is -2.54. The highest BCUT2D eigenvalue weighted by molar-refractivity contribution is 7.92. The van der Waals surface area contributed by atoms with Gasteiger partial charge in [-0.15, -0.1) is 0 Å². The van der Waals surface area contributed by atoms with Gasteiger partial charge in [-0.2, -0.15) is 0 Å². The van der Waals surface area contributed by atoms with E-state index in [1.165, 1.54) is 4.31 Å². The van der Waals surface area contributed by atoms with E-state index < -0.39 is 16.1 Å². The van der Waals surface area contributed by atoms with Gasteiger partial charge in [0.25, 0.3) is 0 Å². The Labute approximate surface area is 173 Å². The smallest absolute Gasteiger partial charge is 0.244 e. The average Bonchev–Trinajstić information content (AvgIpc) is 2.63. The molecule has 0 bridgehead atoms. The van der Waals surface area contributed by atoms with Crippen LogP contribution in [-0.4, -0.2) is 32.7 Å². The van der Waals surface area contributed by atoms with Gasteiger partial charge in [-0.25, -0.2) is 8.42 Å². The number of benzene rings is 2. The molecule has 2 aromatic rings. The van der Waals surface area contributed by atoms with Gasteiger partial charge in [-0.05, 0) is 62.6 Å². The van der Waals surface area contributed by atoms with Gasteiger partial charge in [0, 0.05) is 6.54 Å². The lowest BCUT2D eigenvalue weighted by atomic mass is 10.1. The van der Waals surface area contributed by atoms with Crippen LogP contribution in [0.15, 0.2) is 48.5 Å². The summed E-state index contributed by atoms with van der Waals surface area (Å²) in [5.41, 5.74) is 2.32. The molecule has 0 unspecified atom stereocenters. The molecule has 158 valence electrons. The van der Waals surface area contributed by atoms with E-state index in [0.717, 1.165) is 23.1 Å². The summed E-state index contributed by atoms with van der Waals surface area (Å²) in [7, 11) is -3.64. The molecule has 1 amide bonds. The van der Waals surface area contributed by atoms with Gasteiger partial charge in [0.05, 0.1) is 18.0 Å². The highest BCUT2D eigenvalue weighted by Gasteiger charge is 2.31. The van der Waals surface area contributed by atoms with Crippen molar-refractivity contribution < 1.29 is 17.9 Å². The summed E-state index contributed by atoms with van der Waals surface area (Å²) in [4.78, 5) is 12.9. The van der Waals surface area contributed by atoms with Crippen LogP contribution in [0.25, 0.3) is 0 Å². The van der Waals surface area contributed by atoms with Crippen LogP contribution in [0, 0.1) is 6.92 Å². The van der Waals surface area contributed by atoms with Crippen molar-refractivity contribution in [1.82, 2.24) is 5.32 Å². The Bertz CT molecular complexity index is 924. The number of aryl methyl sites for hydroxylation is 1. The first-order valence-corrected chi connectivity index (χ1v) is 11.6. The largest absolute Gasteiger partial charge is 0.491 e. The zero-order valence-corrected chi connectivity index (χ0v) is 18.5. The number of anilines is 1. The predicted octanol–water partition coefficient (Wildman–Crippen LogP) is 3.64. The van der Waals surface area contributed by atoms with Gasteiger partial charge in [0.1, 0.15) is 11.8 Å². The van der Waals surface area contributed by atoms with E-state index in [0.29, 0.717) is 18.7 Å². The van der Waals surface area contributed by atoms with E-state index in [4.69, 9.17) is 4.74 Å². The SMILES string of the molecule is CC[C@H](C(=O)NCc1ccc(OC(C)C)cc1)N(c1cccc(C)c1)S(C)(=O)=O. The molecule has 2 aromatic carbocycles. The van der Waals surface area contributed by atoms with Crippen LogP contribution in [0.1, 0.15) is 38.3 Å². The molecule has 0 spiro atoms. The lowest BCUT2D eigenvalue weighted by Crippen LogP contribution is -2.49. The van der Waals surface area contributed by atoms with Crippen LogP contribution >= 0.6 is 0 Å². The van der Waals surface area contributed by atoms with E-state index >= 15 is 0 Å². The molecule has 0 heterocycles. The monoisotopic (exact) mass is 418 g/mol. The number of hydrogen-bond donors (Lipinski definition) is 1. The van der Waals surface area contributed by atoms with Crippen molar-refractivity contribution in [2.45, 2.75) is 52.8 Å². The number of amides is 1. The Morgan fingerprint density at radius 1 is 1.14 bits per heavy atom. The maximum absolute atomic E-state index is 12.9. The molecule has 6 nitrogen and oxygen atoms in total. The van der Waals surface area contributed by atoms with Gasteiger partial charge < -0.3 is 10.1 Å². The van der Waals surface area contributed by atoms with Gasteiger partial charge in [0.15, 0.2) is 0 Å². The van der Waals surface area contributed by atoms with Crippen molar-refractivity contribution in [3.05, 3.63) is 59.7 Å². The summed E-state index contributed by atoms with van der Waals surface area (Å²) >= 11 is 0. The molecule has 0 saturated carbocycles. The molecule has 0 radical (unpaired) electrons. The lowest BCUT2D eigenvalue weighted by Gasteiger charge is -2.30. The maximum atomic E-state index is 12.9. The first-order chi connectivity index (χ1) is 13.6. The summed E-state index contributed by atoms with van der Waals surface area (Å²) in [6.07, 6.45) is 1.57. The molecule has 0 aliphatic carbocycles. The molecular weight excluding hydrogens is 388 g/mol. The fourth-order valence-corrected chi connectivity index (χ4v) is 4.29. The van der Waals surface area contributed by atoms with Crippen molar-refractivity contribution in [3.63, 3.8) is 0 Å². The molecule has 0 saturated heterocycles. The van der Waals surface area contributed by atoms with Crippen molar-refractivity contribution in [1.29, 1.82) is 0 Å². The fourth-order valence-electron chi connectivity index (χ4n) is 3.09. The van der Waals surface area contributed by atoms with E-state index in [9.17, 15) is 13.2 Å². The maximum Gasteiger partial charge on any atom is 0.244 e. The fraction of sp³-hybridized carbons (Fsp3) is 0.409. The van der Waals surface area contributed by atoms with Gasteiger partial charge in [0.2, 0.25) is 15.9 Å². The Morgan fingerprint density at radius 3 is 2.31 bits per heavy atom. The third kappa shape index (κ3) is 6.49. The third-order valence-corrected chi connectivity index (χ3v) is 5.53. The summed E-state index contributed by atoms with van der Waals surface area (Å²) in [6.45, 7) is 7.91. The molecule has 7 heteroatoms. The number of nitrogens with zero attached hydrogens (tertiary/aromatic N) is 1. The van der Waals surface area contributed by atoms with E-state index in [2.05, 4.69) is 5.32 Å². The highest BCUT2D eigenvalue weighted by atomic mass is 32.2. The standard InChI is InChI=1S/C22H30N2O4S/c1-6-21(24(29(5,26)27)19-9-7-8-17(4)14-19)22(25)23-15-18-10-12-20(13-11-18)28-16(2)3/h7-14,16,21H,6,15H2,1-5H3,(H,23,25)/t21-/m1/s1. The normalized spacial score (nSPS) is 12.5. The number of hydrogen-bond acceptors (Lipinski definition) is 4. The first kappa shape index (κ1) is 22.7. The molecule has 0 aromatic heterocycles. The quantitative estimate of drug-likeness (QED) is 0.675. The van der Waals surface area contributed by atoms with E-state index in [-0.39, 0.29) is 12.0 Å². The summed E-state index contributed by atoms with van der Waals surface area (Å²) in [5.74, 6) is 0.436. The molecule has 1 N–H and O–H groups in total. The number of rotatable bonds is 9. The Balaban J connectivity index is 2.15. The van der Waals surface area contributed by atoms with Crippen molar-refractivity contribution >= 4 is 21.6 Å². The zero-order chi connectivity index (χ0) is 21.6. The number of nitrogens with one attached hydrogen (secondary N) is 1. The van der Waals surface area contributed by atoms with Gasteiger partial charge >= 0.3 is 0 Å². The van der Waals surface area contributed by atoms with Crippen LogP contribution in [0.3, 0.4) is 0 Å². The Morgan fingerprint density at radius 2 is 1.79 bits per heavy atom. The van der Waals surface area contributed by atoms with Gasteiger partial charge in [-0.3, -0.25) is 9.10 Å². The molecule has 29 heavy (non-hydrogen) atoms. The van der Waals surface area contributed by atoms with Crippen molar-refractivity contribution in [2.75, 3.05) is 10.6 Å². The van der Waals surface area contributed by atoms with Crippen LogP contribution < -0.4 is 14.4 Å². The second kappa shape index (κ2) is 9.78. The number of ether oxygens (including phenoxy) is 1. The third-order valence-electron chi connectivity index (χ3n) is 4.35. The molecular formula is C22H30N2O4S. The van der Waals surface area contributed by atoms with Gasteiger partial charge in [-0.1, -0.05) is 31.2 Å². The minimum Gasteiger partial charge on any atom is -0.491 e. The average molecular weight is 419 g/mol. The molecule has 2 rings (SSSR count). The number of carbonyl (C=O) groups excluding carboxylic acids is 1. The van der Waals surface area contributed by atoms with E-state index in [1.54, 1.807) is 25.1 Å². The summed E-state index contributed by atoms with van der Waals surface area (Å²) in [6, 6.07) is 13.8. The zero-order valence-electron chi connectivity index (χ0n) is 17.7. The lowest BCUT2D eigenvalue weighted by molar-refractivity contribution is -0.122. The van der Waals surface area contributed by atoms with Crippen LogP contribution in [0.2, 0.25) is 0 Å². The molecule has 0 fully saturated rings. The minimum absolute atomic E-state index is 0.0921. The molecule has 1 atom stereocenters. The Kier molecular flexibility index (Phi) is 7.67.